The summed E-state index contributed by atoms with van der Waals surface area (Å²) in [5, 5.41) is 11.6. The molecule has 0 bridgehead atoms. The number of hydrogen-bond donors (Lipinski definition) is 2. The molecule has 0 atom stereocenters. The van der Waals surface area contributed by atoms with Crippen LogP contribution in [0.25, 0.3) is 0 Å². The molecule has 0 aliphatic heterocycles. The third kappa shape index (κ3) is 4.86. The first-order valence-corrected chi connectivity index (χ1v) is 6.46. The largest absolute Gasteiger partial charge is 0.396 e. The number of nitrogens with one attached hydrogen (secondary N) is 1. The van der Waals surface area contributed by atoms with E-state index >= 15 is 0 Å². The summed E-state index contributed by atoms with van der Waals surface area (Å²) in [4.78, 5) is 11.4. The number of aliphatic hydroxyl groups is 1. The molecular weight excluding hydrogens is 198 g/mol. The molecule has 0 aromatic rings. The van der Waals surface area contributed by atoms with Gasteiger partial charge in [0.2, 0.25) is 5.91 Å². The lowest BCUT2D eigenvalue weighted by atomic mass is 10.2. The van der Waals surface area contributed by atoms with Crippen molar-refractivity contribution >= 4 is 17.7 Å². The third-order valence-corrected chi connectivity index (χ3v) is 3.44. The Bertz CT molecular complexity index is 170. The van der Waals surface area contributed by atoms with Crippen LogP contribution in [0.3, 0.4) is 0 Å². The first-order chi connectivity index (χ1) is 6.83. The fourth-order valence-electron chi connectivity index (χ4n) is 1.67. The number of hydrogen-bond acceptors (Lipinski definition) is 3. The van der Waals surface area contributed by atoms with Gasteiger partial charge in [-0.3, -0.25) is 4.79 Å². The molecule has 0 unspecified atom stereocenters. The Labute approximate surface area is 89.6 Å². The van der Waals surface area contributed by atoms with E-state index < -0.39 is 0 Å². The number of rotatable bonds is 6. The van der Waals surface area contributed by atoms with Crippen LogP contribution in [0.5, 0.6) is 0 Å². The molecule has 1 aliphatic carbocycles. The molecule has 2 N–H and O–H groups in total. The summed E-state index contributed by atoms with van der Waals surface area (Å²) in [5.41, 5.74) is 0. The summed E-state index contributed by atoms with van der Waals surface area (Å²) in [6.07, 6.45) is 5.58. The monoisotopic (exact) mass is 217 g/mol. The maximum absolute atomic E-state index is 11.4. The zero-order valence-electron chi connectivity index (χ0n) is 8.50. The van der Waals surface area contributed by atoms with E-state index in [0.717, 1.165) is 25.0 Å². The van der Waals surface area contributed by atoms with Crippen LogP contribution in [0.2, 0.25) is 0 Å². The van der Waals surface area contributed by atoms with E-state index in [2.05, 4.69) is 5.32 Å². The third-order valence-electron chi connectivity index (χ3n) is 2.40. The topological polar surface area (TPSA) is 49.3 Å². The molecule has 14 heavy (non-hydrogen) atoms. The minimum Gasteiger partial charge on any atom is -0.396 e. The minimum absolute atomic E-state index is 0.153. The molecule has 0 aromatic carbocycles. The van der Waals surface area contributed by atoms with E-state index in [0.29, 0.717) is 11.8 Å². The number of amides is 1. The SMILES string of the molecule is O=C(CSCCCO)NC1CCCC1. The molecule has 1 rings (SSSR count). The molecular formula is C10H19NO2S. The summed E-state index contributed by atoms with van der Waals surface area (Å²) >= 11 is 1.60. The van der Waals surface area contributed by atoms with E-state index in [1.807, 2.05) is 0 Å². The van der Waals surface area contributed by atoms with E-state index in [4.69, 9.17) is 5.11 Å². The highest BCUT2D eigenvalue weighted by molar-refractivity contribution is 7.99. The molecule has 1 amide bonds. The average molecular weight is 217 g/mol. The van der Waals surface area contributed by atoms with Gasteiger partial charge < -0.3 is 10.4 Å². The van der Waals surface area contributed by atoms with E-state index in [9.17, 15) is 4.79 Å². The lowest BCUT2D eigenvalue weighted by Crippen LogP contribution is -2.33. The average Bonchev–Trinajstić information content (AvgIpc) is 2.65. The van der Waals surface area contributed by atoms with Crippen molar-refractivity contribution in [2.24, 2.45) is 0 Å². The Hall–Kier alpha value is -0.220. The van der Waals surface area contributed by atoms with Crippen LogP contribution in [-0.2, 0) is 4.79 Å². The van der Waals surface area contributed by atoms with Crippen molar-refractivity contribution in [1.29, 1.82) is 0 Å². The maximum atomic E-state index is 11.4. The molecule has 1 aliphatic rings. The molecule has 1 saturated carbocycles. The summed E-state index contributed by atoms with van der Waals surface area (Å²) in [5.74, 6) is 1.56. The van der Waals surface area contributed by atoms with Crippen molar-refractivity contribution < 1.29 is 9.90 Å². The highest BCUT2D eigenvalue weighted by atomic mass is 32.2. The Morgan fingerprint density at radius 3 is 2.79 bits per heavy atom. The first-order valence-electron chi connectivity index (χ1n) is 5.31. The van der Waals surface area contributed by atoms with Crippen LogP contribution < -0.4 is 5.32 Å². The summed E-state index contributed by atoms with van der Waals surface area (Å²) < 4.78 is 0. The summed E-state index contributed by atoms with van der Waals surface area (Å²) in [6, 6.07) is 0.431. The Morgan fingerprint density at radius 1 is 1.43 bits per heavy atom. The van der Waals surface area contributed by atoms with E-state index in [-0.39, 0.29) is 12.5 Å². The Balaban J connectivity index is 1.98. The molecule has 0 saturated heterocycles. The van der Waals surface area contributed by atoms with Gasteiger partial charge in [-0.1, -0.05) is 12.8 Å². The molecule has 82 valence electrons. The highest BCUT2D eigenvalue weighted by Crippen LogP contribution is 2.17. The molecule has 0 radical (unpaired) electrons. The van der Waals surface area contributed by atoms with Crippen molar-refractivity contribution in [3.8, 4) is 0 Å². The first kappa shape index (κ1) is 11.9. The predicted octanol–water partition coefficient (Wildman–Crippen LogP) is 1.16. The van der Waals surface area contributed by atoms with E-state index in [1.54, 1.807) is 11.8 Å². The van der Waals surface area contributed by atoms with Gasteiger partial charge in [-0.2, -0.15) is 11.8 Å². The zero-order chi connectivity index (χ0) is 10.2. The van der Waals surface area contributed by atoms with Crippen LogP contribution in [0.1, 0.15) is 32.1 Å². The second-order valence-electron chi connectivity index (χ2n) is 3.68. The lowest BCUT2D eigenvalue weighted by molar-refractivity contribution is -0.119. The molecule has 1 fully saturated rings. The fourth-order valence-corrected chi connectivity index (χ4v) is 2.42. The van der Waals surface area contributed by atoms with Gasteiger partial charge in [-0.25, -0.2) is 0 Å². The van der Waals surface area contributed by atoms with Gasteiger partial charge in [0.05, 0.1) is 5.75 Å². The van der Waals surface area contributed by atoms with Gasteiger partial charge in [0.25, 0.3) is 0 Å². The predicted molar refractivity (Wildman–Crippen MR) is 59.4 cm³/mol. The van der Waals surface area contributed by atoms with Crippen LogP contribution in [0.15, 0.2) is 0 Å². The zero-order valence-corrected chi connectivity index (χ0v) is 9.31. The van der Waals surface area contributed by atoms with E-state index in [1.165, 1.54) is 12.8 Å². The van der Waals surface area contributed by atoms with Crippen LogP contribution in [0, 0.1) is 0 Å². The van der Waals surface area contributed by atoms with Gasteiger partial charge in [-0.15, -0.1) is 0 Å². The quantitative estimate of drug-likeness (QED) is 0.656. The summed E-state index contributed by atoms with van der Waals surface area (Å²) in [6.45, 7) is 0.219. The minimum atomic E-state index is 0.153. The van der Waals surface area contributed by atoms with Crippen molar-refractivity contribution in [3.05, 3.63) is 0 Å². The Kier molecular flexibility index (Phi) is 6.03. The van der Waals surface area contributed by atoms with Gasteiger partial charge in [0.15, 0.2) is 0 Å². The number of carbonyl (C=O) groups excluding carboxylic acids is 1. The van der Waals surface area contributed by atoms with Crippen molar-refractivity contribution in [2.45, 2.75) is 38.1 Å². The second-order valence-corrected chi connectivity index (χ2v) is 4.78. The second kappa shape index (κ2) is 7.12. The lowest BCUT2D eigenvalue weighted by Gasteiger charge is -2.11. The number of carbonyl (C=O) groups is 1. The molecule has 0 heterocycles. The smallest absolute Gasteiger partial charge is 0.230 e. The van der Waals surface area contributed by atoms with Gasteiger partial charge in [0.1, 0.15) is 0 Å². The molecule has 3 nitrogen and oxygen atoms in total. The molecule has 0 aromatic heterocycles. The van der Waals surface area contributed by atoms with Crippen molar-refractivity contribution in [2.75, 3.05) is 18.1 Å². The van der Waals surface area contributed by atoms with Crippen molar-refractivity contribution in [3.63, 3.8) is 0 Å². The van der Waals surface area contributed by atoms with Crippen LogP contribution in [0.4, 0.5) is 0 Å². The van der Waals surface area contributed by atoms with Crippen molar-refractivity contribution in [1.82, 2.24) is 5.32 Å². The summed E-state index contributed by atoms with van der Waals surface area (Å²) in [7, 11) is 0. The maximum Gasteiger partial charge on any atom is 0.230 e. The van der Waals surface area contributed by atoms with Gasteiger partial charge in [0, 0.05) is 12.6 Å². The molecule has 4 heteroatoms. The standard InChI is InChI=1S/C10H19NO2S/c12-6-3-7-14-8-10(13)11-9-4-1-2-5-9/h9,12H,1-8H2,(H,11,13). The van der Waals surface area contributed by atoms with Gasteiger partial charge >= 0.3 is 0 Å². The molecule has 0 spiro atoms. The Morgan fingerprint density at radius 2 is 2.14 bits per heavy atom. The van der Waals surface area contributed by atoms with Crippen LogP contribution >= 0.6 is 11.8 Å². The number of thioether (sulfide) groups is 1. The number of aliphatic hydroxyl groups excluding tert-OH is 1. The van der Waals surface area contributed by atoms with Gasteiger partial charge in [-0.05, 0) is 25.0 Å². The highest BCUT2D eigenvalue weighted by Gasteiger charge is 2.16. The fraction of sp³-hybridized carbons (Fsp3) is 0.900. The van der Waals surface area contributed by atoms with Crippen LogP contribution in [-0.4, -0.2) is 35.2 Å². The normalized spacial score (nSPS) is 17.2.